The van der Waals surface area contributed by atoms with Gasteiger partial charge in [0.05, 0.1) is 0 Å². The van der Waals surface area contributed by atoms with Crippen LogP contribution in [-0.2, 0) is 12.9 Å². The van der Waals surface area contributed by atoms with Gasteiger partial charge in [0.15, 0.2) is 0 Å². The molecule has 2 aliphatic rings. The van der Waals surface area contributed by atoms with Crippen molar-refractivity contribution in [2.75, 3.05) is 0 Å². The molecule has 3 aromatic rings. The monoisotopic (exact) mass is 524 g/mol. The number of allylic oxidation sites excluding steroid dienone is 2. The molecule has 31 heavy (non-hydrogen) atoms. The summed E-state index contributed by atoms with van der Waals surface area (Å²) in [6, 6.07) is 23.4. The van der Waals surface area contributed by atoms with E-state index in [9.17, 15) is 0 Å². The summed E-state index contributed by atoms with van der Waals surface area (Å²) in [5.41, 5.74) is 8.47. The van der Waals surface area contributed by atoms with Crippen LogP contribution in [0, 0.1) is 6.92 Å². The van der Waals surface area contributed by atoms with Gasteiger partial charge in [0, 0.05) is 0 Å². The van der Waals surface area contributed by atoms with E-state index in [0.717, 1.165) is 0 Å². The van der Waals surface area contributed by atoms with Crippen LogP contribution in [0.3, 0.4) is 0 Å². The van der Waals surface area contributed by atoms with Crippen molar-refractivity contribution in [1.82, 2.24) is 0 Å². The zero-order valence-electron chi connectivity index (χ0n) is 18.3. The van der Waals surface area contributed by atoms with Crippen LogP contribution in [0.25, 0.3) is 23.3 Å². The fraction of sp³-hybridized carbons (Fsp3) is 0.179. The topological polar surface area (TPSA) is 0 Å². The van der Waals surface area contributed by atoms with Crippen LogP contribution in [0.5, 0.6) is 0 Å². The van der Waals surface area contributed by atoms with Crippen LogP contribution < -0.4 is 0 Å². The van der Waals surface area contributed by atoms with E-state index >= 15 is 0 Å². The second-order valence-corrected chi connectivity index (χ2v) is 57.1. The van der Waals surface area contributed by atoms with Gasteiger partial charge in [-0.2, -0.15) is 0 Å². The number of halogens is 2. The zero-order chi connectivity index (χ0) is 22.2. The Morgan fingerprint density at radius 2 is 1.26 bits per heavy atom. The predicted octanol–water partition coefficient (Wildman–Crippen LogP) is 9.09. The number of hydrogen-bond donors (Lipinski definition) is 0. The third-order valence-electron chi connectivity index (χ3n) is 7.68. The molecule has 0 N–H and O–H groups in total. The fourth-order valence-corrected chi connectivity index (χ4v) is 23.1. The minimum atomic E-state index is -5.75. The fourth-order valence-electron chi connectivity index (χ4n) is 5.93. The van der Waals surface area contributed by atoms with Crippen molar-refractivity contribution in [3.63, 3.8) is 0 Å². The molecule has 0 saturated heterocycles. The van der Waals surface area contributed by atoms with Gasteiger partial charge in [-0.25, -0.2) is 0 Å². The molecule has 3 heteroatoms. The van der Waals surface area contributed by atoms with Crippen LogP contribution in [0.1, 0.15) is 35.1 Å². The van der Waals surface area contributed by atoms with Crippen LogP contribution in [0.2, 0.25) is 9.26 Å². The van der Waals surface area contributed by atoms with Gasteiger partial charge in [-0.1, -0.05) is 0 Å². The molecule has 0 fully saturated rings. The standard InChI is InChI=1S/C15H11.C10H9.2CH3.CH2.2ClH.Zr/c1-2-6-12(7-3-1)14-10-4-8-13-9-5-11-15(13)14;1-8-4-2-5-9-6-3-7-10(8)9;;;;;;/h1-11H;2-7H,1H3;2*1H3;1H2;2*1H;/q;;;;;;;+2/p-2. The number of hydrogen-bond acceptors (Lipinski definition) is 0. The van der Waals surface area contributed by atoms with E-state index in [1.807, 2.05) is 6.07 Å². The Hall–Kier alpha value is -1.53. The maximum atomic E-state index is 7.96. The van der Waals surface area contributed by atoms with E-state index in [4.69, 9.17) is 21.2 Å². The van der Waals surface area contributed by atoms with Gasteiger partial charge in [-0.3, -0.25) is 0 Å². The Labute approximate surface area is 186 Å². The third kappa shape index (κ3) is 3.08. The van der Waals surface area contributed by atoms with Crippen molar-refractivity contribution in [1.29, 1.82) is 0 Å². The maximum absolute atomic E-state index is 7.96. The van der Waals surface area contributed by atoms with Crippen molar-refractivity contribution < 1.29 is 12.9 Å². The first-order valence-electron chi connectivity index (χ1n) is 10.9. The van der Waals surface area contributed by atoms with Crippen molar-refractivity contribution >= 4 is 33.4 Å². The molecule has 2 atom stereocenters. The van der Waals surface area contributed by atoms with Gasteiger partial charge in [-0.05, 0) is 0 Å². The summed E-state index contributed by atoms with van der Waals surface area (Å²) in [5, 5.41) is 0. The molecule has 0 spiro atoms. The van der Waals surface area contributed by atoms with Gasteiger partial charge in [0.2, 0.25) is 0 Å². The Bertz CT molecular complexity index is 1410. The molecule has 2 unspecified atom stereocenters. The molecule has 0 heterocycles. The molecule has 0 aliphatic heterocycles. The first-order chi connectivity index (χ1) is 14.3. The average molecular weight is 527 g/mol. The first kappa shape index (κ1) is 21.3. The number of fused-ring (bicyclic) bond motifs is 2. The SMILES string of the molecule is [CH2]=[Zr]([CH3])([CH3])([Cl])([Cl])([CH]1C=Cc2c(C)cccc21)[CH]1C=Cc2c(-c3ccccc3)cccc21. The van der Waals surface area contributed by atoms with Crippen LogP contribution in [0.15, 0.2) is 78.9 Å². The third-order valence-corrected chi connectivity index (χ3v) is 28.1. The zero-order valence-corrected chi connectivity index (χ0v) is 22.2. The number of aryl methyl sites for hydroxylation is 1. The van der Waals surface area contributed by atoms with E-state index in [1.165, 1.54) is 38.9 Å². The van der Waals surface area contributed by atoms with Crippen molar-refractivity contribution in [2.45, 2.75) is 23.4 Å². The second kappa shape index (κ2) is 5.69. The molecular weight excluding hydrogens is 498 g/mol. The minimum absolute atomic E-state index is 0.115. The van der Waals surface area contributed by atoms with Gasteiger partial charge < -0.3 is 0 Å². The summed E-state index contributed by atoms with van der Waals surface area (Å²) in [6.07, 6.45) is 8.81. The normalized spacial score (nSPS) is 22.8. The molecule has 0 radical (unpaired) electrons. The second-order valence-electron chi connectivity index (χ2n) is 11.4. The summed E-state index contributed by atoms with van der Waals surface area (Å²) in [6.45, 7) is 2.14. The molecule has 0 nitrogen and oxygen atoms in total. The van der Waals surface area contributed by atoms with Crippen LogP contribution >= 0.6 is 17.0 Å². The molecule has 0 bridgehead atoms. The van der Waals surface area contributed by atoms with E-state index in [1.54, 1.807) is 0 Å². The first-order valence-corrected chi connectivity index (χ1v) is 26.8. The van der Waals surface area contributed by atoms with Gasteiger partial charge in [0.1, 0.15) is 0 Å². The quantitative estimate of drug-likeness (QED) is 0.319. The van der Waals surface area contributed by atoms with Gasteiger partial charge >= 0.3 is 188 Å². The molecule has 2 aliphatic carbocycles. The number of rotatable bonds is 3. The summed E-state index contributed by atoms with van der Waals surface area (Å²) in [7, 11) is 15.9. The molecule has 5 rings (SSSR count). The average Bonchev–Trinajstić information content (AvgIpc) is 3.34. The van der Waals surface area contributed by atoms with E-state index in [0.29, 0.717) is 0 Å². The Morgan fingerprint density at radius 1 is 0.710 bits per heavy atom. The molecule has 0 aromatic heterocycles. The summed E-state index contributed by atoms with van der Waals surface area (Å²) in [5.74, 6) is 0. The Morgan fingerprint density at radius 3 is 1.90 bits per heavy atom. The van der Waals surface area contributed by atoms with Crippen molar-refractivity contribution in [3.05, 3.63) is 107 Å². The Kier molecular flexibility index (Phi) is 3.91. The van der Waals surface area contributed by atoms with E-state index in [-0.39, 0.29) is 7.25 Å². The molecule has 0 amide bonds. The van der Waals surface area contributed by atoms with Crippen molar-refractivity contribution in [3.8, 4) is 11.1 Å². The molecule has 0 saturated carbocycles. The summed E-state index contributed by atoms with van der Waals surface area (Å²) < 4.78 is 8.83. The van der Waals surface area contributed by atoms with Gasteiger partial charge in [0.25, 0.3) is 0 Å². The summed E-state index contributed by atoms with van der Waals surface area (Å²) in [4.78, 5) is 0. The number of benzene rings is 3. The molecule has 3 aromatic carbocycles. The molecular formula is C28H28Cl2Zr. The van der Waals surface area contributed by atoms with Gasteiger partial charge in [-0.15, -0.1) is 0 Å². The van der Waals surface area contributed by atoms with Crippen LogP contribution in [-0.4, -0.2) is 4.21 Å². The summed E-state index contributed by atoms with van der Waals surface area (Å²) >= 11 is -5.75. The predicted molar refractivity (Wildman–Crippen MR) is 137 cm³/mol. The van der Waals surface area contributed by atoms with E-state index < -0.39 is 12.9 Å². The van der Waals surface area contributed by atoms with E-state index in [2.05, 4.69) is 101 Å². The Balaban J connectivity index is 1.75. The van der Waals surface area contributed by atoms with Crippen LogP contribution in [0.4, 0.5) is 0 Å². The van der Waals surface area contributed by atoms with Crippen molar-refractivity contribution in [2.24, 2.45) is 0 Å². The molecule has 158 valence electrons.